The first kappa shape index (κ1) is 18.4. The molecule has 1 aliphatic rings. The first-order valence-corrected chi connectivity index (χ1v) is 9.47. The van der Waals surface area contributed by atoms with Gasteiger partial charge in [0, 0.05) is 34.9 Å². The molecule has 2 amide bonds. The molecule has 1 saturated heterocycles. The van der Waals surface area contributed by atoms with E-state index in [0.717, 1.165) is 29.8 Å². The Morgan fingerprint density at radius 1 is 1.36 bits per heavy atom. The van der Waals surface area contributed by atoms with Gasteiger partial charge in [0.2, 0.25) is 0 Å². The van der Waals surface area contributed by atoms with E-state index in [0.29, 0.717) is 28.9 Å². The van der Waals surface area contributed by atoms with Crippen LogP contribution in [0.3, 0.4) is 0 Å². The number of halogens is 2. The molecule has 134 valence electrons. The number of thiazole rings is 1. The van der Waals surface area contributed by atoms with Crippen LogP contribution in [0.25, 0.3) is 0 Å². The highest BCUT2D eigenvalue weighted by Gasteiger charge is 2.16. The summed E-state index contributed by atoms with van der Waals surface area (Å²) in [4.78, 5) is 21.4. The van der Waals surface area contributed by atoms with Crippen LogP contribution in [0.2, 0.25) is 10.0 Å². The fourth-order valence-electron chi connectivity index (χ4n) is 2.37. The first-order chi connectivity index (χ1) is 12.1. The van der Waals surface area contributed by atoms with Crippen molar-refractivity contribution in [3.8, 4) is 0 Å². The van der Waals surface area contributed by atoms with E-state index in [4.69, 9.17) is 32.8 Å². The third-order valence-corrected chi connectivity index (χ3v) is 5.16. The number of nitrogens with zero attached hydrogens (tertiary/aromatic N) is 1. The fraction of sp³-hybridized carbons (Fsp3) is 0.375. The lowest BCUT2D eigenvalue weighted by atomic mass is 10.1. The first-order valence-electron chi connectivity index (χ1n) is 7.83. The van der Waals surface area contributed by atoms with Crippen molar-refractivity contribution < 1.29 is 14.4 Å². The summed E-state index contributed by atoms with van der Waals surface area (Å²) < 4.78 is 5.37. The minimum Gasteiger partial charge on any atom is -0.350 e. The molecule has 25 heavy (non-hydrogen) atoms. The molecule has 6 nitrogen and oxygen atoms in total. The Balaban J connectivity index is 1.52. The third kappa shape index (κ3) is 5.29. The van der Waals surface area contributed by atoms with Gasteiger partial charge in [0.15, 0.2) is 6.29 Å². The zero-order valence-electron chi connectivity index (χ0n) is 13.3. The molecule has 2 N–H and O–H groups in total. The maximum atomic E-state index is 11.9. The van der Waals surface area contributed by atoms with Crippen LogP contribution in [-0.2, 0) is 16.0 Å². The van der Waals surface area contributed by atoms with Gasteiger partial charge in [0.05, 0.1) is 5.01 Å². The summed E-state index contributed by atoms with van der Waals surface area (Å²) in [5.41, 5.74) is 3.14. The van der Waals surface area contributed by atoms with Gasteiger partial charge in [-0.25, -0.2) is 20.1 Å². The quantitative estimate of drug-likeness (QED) is 0.716. The fourth-order valence-corrected chi connectivity index (χ4v) is 3.64. The van der Waals surface area contributed by atoms with Crippen molar-refractivity contribution >= 4 is 46.4 Å². The van der Waals surface area contributed by atoms with Crippen molar-refractivity contribution in [2.75, 3.05) is 11.9 Å². The van der Waals surface area contributed by atoms with Gasteiger partial charge in [-0.3, -0.25) is 5.32 Å². The molecular formula is C16H17Cl2N3O3S. The molecule has 9 heteroatoms. The molecule has 0 radical (unpaired) electrons. The summed E-state index contributed by atoms with van der Waals surface area (Å²) in [6, 6.07) is 4.87. The molecular weight excluding hydrogens is 385 g/mol. The Morgan fingerprint density at radius 2 is 2.16 bits per heavy atom. The lowest BCUT2D eigenvalue weighted by Gasteiger charge is -2.21. The largest absolute Gasteiger partial charge is 0.350 e. The van der Waals surface area contributed by atoms with Crippen molar-refractivity contribution in [1.29, 1.82) is 0 Å². The number of nitrogens with one attached hydrogen (secondary N) is 2. The topological polar surface area (TPSA) is 72.5 Å². The van der Waals surface area contributed by atoms with Crippen LogP contribution in [0.4, 0.5) is 10.6 Å². The van der Waals surface area contributed by atoms with Crippen LogP contribution in [-0.4, -0.2) is 23.9 Å². The summed E-state index contributed by atoms with van der Waals surface area (Å²) in [5.74, 6) is 0.439. The van der Waals surface area contributed by atoms with Gasteiger partial charge in [0.25, 0.3) is 0 Å². The maximum absolute atomic E-state index is 11.9. The molecule has 0 aliphatic carbocycles. The molecule has 3 rings (SSSR count). The second-order valence-electron chi connectivity index (χ2n) is 5.47. The number of hydrogen-bond acceptors (Lipinski definition) is 5. The molecule has 1 aromatic carbocycles. The maximum Gasteiger partial charge on any atom is 0.344 e. The number of ether oxygens (including phenoxy) is 1. The number of anilines is 1. The molecule has 2 aromatic rings. The van der Waals surface area contributed by atoms with Crippen molar-refractivity contribution in [2.45, 2.75) is 32.0 Å². The normalized spacial score (nSPS) is 17.3. The third-order valence-electron chi connectivity index (χ3n) is 3.60. The summed E-state index contributed by atoms with van der Waals surface area (Å²) in [7, 11) is 0. The smallest absolute Gasteiger partial charge is 0.344 e. The van der Waals surface area contributed by atoms with Crippen LogP contribution in [0.15, 0.2) is 23.6 Å². The van der Waals surface area contributed by atoms with Gasteiger partial charge in [-0.2, -0.15) is 0 Å². The molecule has 1 fully saturated rings. The number of urea groups is 1. The molecule has 2 heterocycles. The average molecular weight is 402 g/mol. The summed E-state index contributed by atoms with van der Waals surface area (Å²) in [5, 5.41) is 6.35. The van der Waals surface area contributed by atoms with E-state index in [2.05, 4.69) is 15.8 Å². The van der Waals surface area contributed by atoms with E-state index in [1.54, 1.807) is 23.6 Å². The molecule has 1 aromatic heterocycles. The SMILES string of the molecule is O=C(NOC1CCCCO1)Nc1csc(Cc2c(Cl)cccc2Cl)n1. The summed E-state index contributed by atoms with van der Waals surface area (Å²) >= 11 is 13.8. The van der Waals surface area contributed by atoms with Crippen LogP contribution < -0.4 is 10.8 Å². The lowest BCUT2D eigenvalue weighted by Crippen LogP contribution is -2.35. The van der Waals surface area contributed by atoms with Crippen molar-refractivity contribution in [3.63, 3.8) is 0 Å². The highest BCUT2D eigenvalue weighted by atomic mass is 35.5. The van der Waals surface area contributed by atoms with Crippen molar-refractivity contribution in [1.82, 2.24) is 10.5 Å². The van der Waals surface area contributed by atoms with Crippen LogP contribution >= 0.6 is 34.5 Å². The Bertz CT molecular complexity index is 715. The predicted octanol–water partition coefficient (Wildman–Crippen LogP) is 4.62. The van der Waals surface area contributed by atoms with E-state index in [-0.39, 0.29) is 0 Å². The van der Waals surface area contributed by atoms with Gasteiger partial charge < -0.3 is 4.74 Å². The number of rotatable bonds is 5. The number of carbonyl (C=O) groups is 1. The number of carbonyl (C=O) groups excluding carboxylic acids is 1. The lowest BCUT2D eigenvalue weighted by molar-refractivity contribution is -0.185. The van der Waals surface area contributed by atoms with Gasteiger partial charge in [0.1, 0.15) is 5.82 Å². The van der Waals surface area contributed by atoms with E-state index in [9.17, 15) is 4.79 Å². The molecule has 0 bridgehead atoms. The minimum absolute atomic E-state index is 0.396. The molecule has 1 aliphatic heterocycles. The number of hydrogen-bond donors (Lipinski definition) is 2. The standard InChI is InChI=1S/C16H17Cl2N3O3S/c17-11-4-3-5-12(18)10(11)8-14-19-13(9-25-14)20-16(22)21-24-15-6-1-2-7-23-15/h3-5,9,15H,1-2,6-8H2,(H2,20,21,22). The Hall–Kier alpha value is -1.38. The highest BCUT2D eigenvalue weighted by molar-refractivity contribution is 7.10. The highest BCUT2D eigenvalue weighted by Crippen LogP contribution is 2.28. The summed E-state index contributed by atoms with van der Waals surface area (Å²) in [6.07, 6.45) is 2.91. The van der Waals surface area contributed by atoms with Gasteiger partial charge in [-0.1, -0.05) is 29.3 Å². The average Bonchev–Trinajstić information content (AvgIpc) is 3.04. The molecule has 0 saturated carbocycles. The van der Waals surface area contributed by atoms with E-state index < -0.39 is 12.3 Å². The number of benzene rings is 1. The van der Waals surface area contributed by atoms with Crippen LogP contribution in [0.5, 0.6) is 0 Å². The van der Waals surface area contributed by atoms with Gasteiger partial charge in [-0.15, -0.1) is 11.3 Å². The van der Waals surface area contributed by atoms with E-state index >= 15 is 0 Å². The predicted molar refractivity (Wildman–Crippen MR) is 98.2 cm³/mol. The Labute approximate surface area is 159 Å². The van der Waals surface area contributed by atoms with Crippen molar-refractivity contribution in [2.24, 2.45) is 0 Å². The summed E-state index contributed by atoms with van der Waals surface area (Å²) in [6.45, 7) is 0.647. The van der Waals surface area contributed by atoms with E-state index in [1.165, 1.54) is 11.3 Å². The van der Waals surface area contributed by atoms with Crippen LogP contribution in [0, 0.1) is 0 Å². The van der Waals surface area contributed by atoms with Gasteiger partial charge in [-0.05, 0) is 30.5 Å². The second-order valence-corrected chi connectivity index (χ2v) is 7.23. The second kappa shape index (κ2) is 8.82. The zero-order valence-corrected chi connectivity index (χ0v) is 15.6. The zero-order chi connectivity index (χ0) is 17.6. The monoisotopic (exact) mass is 401 g/mol. The molecule has 1 atom stereocenters. The Morgan fingerprint density at radius 3 is 2.88 bits per heavy atom. The molecule has 1 unspecified atom stereocenters. The number of hydroxylamine groups is 1. The molecule has 0 spiro atoms. The number of amides is 2. The van der Waals surface area contributed by atoms with Crippen molar-refractivity contribution in [3.05, 3.63) is 44.2 Å². The number of aromatic nitrogens is 1. The van der Waals surface area contributed by atoms with Gasteiger partial charge >= 0.3 is 6.03 Å². The Kier molecular flexibility index (Phi) is 6.50. The van der Waals surface area contributed by atoms with Crippen LogP contribution in [0.1, 0.15) is 29.8 Å². The minimum atomic E-state index is -0.498. The van der Waals surface area contributed by atoms with E-state index in [1.807, 2.05) is 0 Å².